The van der Waals surface area contributed by atoms with Crippen LogP contribution in [-0.2, 0) is 21.2 Å². The van der Waals surface area contributed by atoms with E-state index in [0.717, 1.165) is 16.3 Å². The number of rotatable bonds is 4. The molecule has 1 aromatic rings. The van der Waals surface area contributed by atoms with Gasteiger partial charge >= 0.3 is 5.97 Å². The zero-order valence-corrected chi connectivity index (χ0v) is 12.9. The van der Waals surface area contributed by atoms with Crippen LogP contribution in [0.1, 0.15) is 19.4 Å². The Labute approximate surface area is 123 Å². The van der Waals surface area contributed by atoms with Gasteiger partial charge in [0.2, 0.25) is 10.0 Å². The number of thioether (sulfide) groups is 1. The summed E-state index contributed by atoms with van der Waals surface area (Å²) in [5.74, 6) is -0.821. The zero-order valence-electron chi connectivity index (χ0n) is 11.3. The molecule has 2 unspecified atom stereocenters. The van der Waals surface area contributed by atoms with Crippen LogP contribution in [0.4, 0.5) is 0 Å². The first kappa shape index (κ1) is 15.3. The monoisotopic (exact) mass is 315 g/mol. The molecule has 0 aromatic heterocycles. The van der Waals surface area contributed by atoms with Gasteiger partial charge in [-0.2, -0.15) is 4.31 Å². The molecule has 5 nitrogen and oxygen atoms in total. The second-order valence-electron chi connectivity index (χ2n) is 4.62. The summed E-state index contributed by atoms with van der Waals surface area (Å²) in [6, 6.07) is 5.62. The summed E-state index contributed by atoms with van der Waals surface area (Å²) in [6.07, 6.45) is 0.827. The van der Waals surface area contributed by atoms with Crippen LogP contribution in [0.5, 0.6) is 0 Å². The van der Waals surface area contributed by atoms with Crippen LogP contribution in [0, 0.1) is 0 Å². The molecule has 1 fully saturated rings. The van der Waals surface area contributed by atoms with Gasteiger partial charge in [-0.1, -0.05) is 19.1 Å². The van der Waals surface area contributed by atoms with E-state index in [-0.39, 0.29) is 16.0 Å². The Morgan fingerprint density at radius 3 is 2.50 bits per heavy atom. The molecule has 1 aliphatic rings. The van der Waals surface area contributed by atoms with Crippen molar-refractivity contribution in [1.82, 2.24) is 4.31 Å². The van der Waals surface area contributed by atoms with Gasteiger partial charge in [0.1, 0.15) is 6.04 Å². The molecule has 0 spiro atoms. The van der Waals surface area contributed by atoms with Crippen LogP contribution in [0.15, 0.2) is 29.2 Å². The number of sulfonamides is 1. The van der Waals surface area contributed by atoms with Gasteiger partial charge in [-0.05, 0) is 31.0 Å². The predicted molar refractivity (Wildman–Crippen MR) is 78.2 cm³/mol. The smallest absolute Gasteiger partial charge is 0.322 e. The first-order valence-corrected chi connectivity index (χ1v) is 8.83. The highest BCUT2D eigenvalue weighted by Gasteiger charge is 2.44. The molecule has 0 radical (unpaired) electrons. The molecule has 1 saturated heterocycles. The molecule has 1 aliphatic heterocycles. The number of benzene rings is 1. The van der Waals surface area contributed by atoms with E-state index in [9.17, 15) is 18.3 Å². The summed E-state index contributed by atoms with van der Waals surface area (Å²) in [6.45, 7) is 3.70. The minimum atomic E-state index is -3.78. The fourth-order valence-corrected chi connectivity index (χ4v) is 5.48. The summed E-state index contributed by atoms with van der Waals surface area (Å²) < 4.78 is 26.3. The molecule has 0 aliphatic carbocycles. The van der Waals surface area contributed by atoms with Gasteiger partial charge in [0, 0.05) is 5.75 Å². The van der Waals surface area contributed by atoms with Gasteiger partial charge < -0.3 is 5.11 Å². The van der Waals surface area contributed by atoms with E-state index < -0.39 is 22.0 Å². The normalized spacial score (nSPS) is 23.9. The van der Waals surface area contributed by atoms with E-state index in [1.54, 1.807) is 31.2 Å². The molecule has 2 rings (SSSR count). The number of nitrogens with zero attached hydrogens (tertiary/aromatic N) is 1. The number of carboxylic acid groups (broad SMARTS) is 1. The Kier molecular flexibility index (Phi) is 4.41. The van der Waals surface area contributed by atoms with Crippen LogP contribution in [0.2, 0.25) is 0 Å². The average molecular weight is 315 g/mol. The van der Waals surface area contributed by atoms with Gasteiger partial charge in [-0.3, -0.25) is 4.79 Å². The summed E-state index contributed by atoms with van der Waals surface area (Å²) >= 11 is 1.34. The van der Waals surface area contributed by atoms with Gasteiger partial charge in [0.25, 0.3) is 0 Å². The van der Waals surface area contributed by atoms with Gasteiger partial charge in [-0.25, -0.2) is 8.42 Å². The van der Waals surface area contributed by atoms with Gasteiger partial charge in [0.15, 0.2) is 0 Å². The predicted octanol–water partition coefficient (Wildman–Crippen LogP) is 1.79. The highest BCUT2D eigenvalue weighted by Crippen LogP contribution is 2.34. The van der Waals surface area contributed by atoms with Crippen molar-refractivity contribution in [2.24, 2.45) is 0 Å². The minimum Gasteiger partial charge on any atom is -0.480 e. The van der Waals surface area contributed by atoms with Crippen molar-refractivity contribution in [2.45, 2.75) is 36.6 Å². The van der Waals surface area contributed by atoms with E-state index in [0.29, 0.717) is 0 Å². The first-order chi connectivity index (χ1) is 9.37. The number of aryl methyl sites for hydroxylation is 1. The van der Waals surface area contributed by atoms with Crippen LogP contribution in [-0.4, -0.2) is 41.0 Å². The standard InChI is InChI=1S/C13H17NO4S2/c1-3-10-4-6-11(7-5-10)20(17,18)14-9(2)19-8-12(14)13(15)16/h4-7,9,12H,3,8H2,1-2H3,(H,15,16). The van der Waals surface area contributed by atoms with E-state index in [1.807, 2.05) is 6.92 Å². The van der Waals surface area contributed by atoms with Gasteiger partial charge in [-0.15, -0.1) is 11.8 Å². The molecule has 1 heterocycles. The molecule has 7 heteroatoms. The third-order valence-electron chi connectivity index (χ3n) is 3.35. The largest absolute Gasteiger partial charge is 0.480 e. The van der Waals surface area contributed by atoms with Crippen molar-refractivity contribution in [1.29, 1.82) is 0 Å². The van der Waals surface area contributed by atoms with E-state index in [2.05, 4.69) is 0 Å². The molecule has 20 heavy (non-hydrogen) atoms. The number of hydrogen-bond donors (Lipinski definition) is 1. The van der Waals surface area contributed by atoms with E-state index in [4.69, 9.17) is 0 Å². The van der Waals surface area contributed by atoms with E-state index in [1.165, 1.54) is 11.8 Å². The van der Waals surface area contributed by atoms with Crippen molar-refractivity contribution >= 4 is 27.8 Å². The van der Waals surface area contributed by atoms with Crippen molar-refractivity contribution in [2.75, 3.05) is 5.75 Å². The Bertz CT molecular complexity index is 597. The summed E-state index contributed by atoms with van der Waals surface area (Å²) in [7, 11) is -3.78. The van der Waals surface area contributed by atoms with Crippen molar-refractivity contribution in [3.8, 4) is 0 Å². The Hall–Kier alpha value is -1.05. The molecular weight excluding hydrogens is 298 g/mol. The van der Waals surface area contributed by atoms with Crippen molar-refractivity contribution < 1.29 is 18.3 Å². The van der Waals surface area contributed by atoms with Crippen molar-refractivity contribution in [3.05, 3.63) is 29.8 Å². The Morgan fingerprint density at radius 2 is 2.00 bits per heavy atom. The molecule has 0 bridgehead atoms. The molecule has 1 aromatic carbocycles. The SMILES string of the molecule is CCc1ccc(S(=O)(=O)N2C(C)SCC2C(=O)O)cc1. The Balaban J connectivity index is 2.39. The lowest BCUT2D eigenvalue weighted by atomic mass is 10.2. The molecular formula is C13H17NO4S2. The summed E-state index contributed by atoms with van der Waals surface area (Å²) in [4.78, 5) is 11.4. The zero-order chi connectivity index (χ0) is 14.9. The molecule has 0 saturated carbocycles. The number of aliphatic carboxylic acids is 1. The summed E-state index contributed by atoms with van der Waals surface area (Å²) in [5.41, 5.74) is 1.04. The minimum absolute atomic E-state index is 0.148. The fourth-order valence-electron chi connectivity index (χ4n) is 2.19. The fraction of sp³-hybridized carbons (Fsp3) is 0.462. The lowest BCUT2D eigenvalue weighted by Gasteiger charge is -2.24. The quantitative estimate of drug-likeness (QED) is 0.917. The highest BCUT2D eigenvalue weighted by molar-refractivity contribution is 8.01. The molecule has 2 atom stereocenters. The second kappa shape index (κ2) is 5.75. The van der Waals surface area contributed by atoms with Crippen LogP contribution in [0.25, 0.3) is 0 Å². The van der Waals surface area contributed by atoms with Crippen LogP contribution >= 0.6 is 11.8 Å². The third kappa shape index (κ3) is 2.70. The maximum absolute atomic E-state index is 12.6. The molecule has 1 N–H and O–H groups in total. The topological polar surface area (TPSA) is 74.7 Å². The Morgan fingerprint density at radius 1 is 1.40 bits per heavy atom. The lowest BCUT2D eigenvalue weighted by Crippen LogP contribution is -2.44. The number of hydrogen-bond acceptors (Lipinski definition) is 4. The second-order valence-corrected chi connectivity index (χ2v) is 7.81. The molecule has 110 valence electrons. The maximum Gasteiger partial charge on any atom is 0.322 e. The number of carboxylic acids is 1. The lowest BCUT2D eigenvalue weighted by molar-refractivity contribution is -0.140. The summed E-state index contributed by atoms with van der Waals surface area (Å²) in [5, 5.41) is 8.81. The highest BCUT2D eigenvalue weighted by atomic mass is 32.2. The van der Waals surface area contributed by atoms with Crippen molar-refractivity contribution in [3.63, 3.8) is 0 Å². The first-order valence-electron chi connectivity index (χ1n) is 6.34. The molecule has 0 amide bonds. The van der Waals surface area contributed by atoms with Gasteiger partial charge in [0.05, 0.1) is 10.3 Å². The maximum atomic E-state index is 12.6. The van der Waals surface area contributed by atoms with E-state index >= 15 is 0 Å². The third-order valence-corrected chi connectivity index (χ3v) is 6.70. The van der Waals surface area contributed by atoms with Crippen LogP contribution < -0.4 is 0 Å². The number of carbonyl (C=O) groups is 1. The average Bonchev–Trinajstić information content (AvgIpc) is 2.81. The van der Waals surface area contributed by atoms with Crippen LogP contribution in [0.3, 0.4) is 0 Å².